The first-order valence-electron chi connectivity index (χ1n) is 3.74. The summed E-state index contributed by atoms with van der Waals surface area (Å²) in [5, 5.41) is 0. The number of aryl methyl sites for hydroxylation is 1. The molecule has 6 nitrogen and oxygen atoms in total. The molecule has 0 atom stereocenters. The summed E-state index contributed by atoms with van der Waals surface area (Å²) in [6.45, 7) is 1.83. The van der Waals surface area contributed by atoms with E-state index in [2.05, 4.69) is 19.9 Å². The zero-order chi connectivity index (χ0) is 9.42. The quantitative estimate of drug-likeness (QED) is 0.655. The lowest BCUT2D eigenvalue weighted by Crippen LogP contribution is -1.98. The summed E-state index contributed by atoms with van der Waals surface area (Å²) in [7, 11) is 1.49. The molecule has 2 rings (SSSR count). The Bertz CT molecular complexity index is 449. The maximum Gasteiger partial charge on any atom is 0.320 e. The van der Waals surface area contributed by atoms with Crippen molar-refractivity contribution in [3.05, 3.63) is 5.82 Å². The first-order chi connectivity index (χ1) is 6.20. The lowest BCUT2D eigenvalue weighted by atomic mass is 10.5. The van der Waals surface area contributed by atoms with E-state index in [0.717, 1.165) is 5.82 Å². The van der Waals surface area contributed by atoms with Crippen LogP contribution in [0.5, 0.6) is 6.01 Å². The largest absolute Gasteiger partial charge is 0.467 e. The van der Waals surface area contributed by atoms with E-state index >= 15 is 0 Å². The SMILES string of the molecule is COc1nc(N)c2[nH]c(C)nc2n1. The normalized spacial score (nSPS) is 10.6. The van der Waals surface area contributed by atoms with Crippen LogP contribution in [-0.2, 0) is 0 Å². The van der Waals surface area contributed by atoms with E-state index in [1.807, 2.05) is 6.92 Å². The van der Waals surface area contributed by atoms with E-state index < -0.39 is 0 Å². The van der Waals surface area contributed by atoms with Gasteiger partial charge in [0.15, 0.2) is 11.5 Å². The summed E-state index contributed by atoms with van der Waals surface area (Å²) in [5.74, 6) is 1.10. The van der Waals surface area contributed by atoms with Crippen molar-refractivity contribution in [1.82, 2.24) is 19.9 Å². The number of anilines is 1. The number of nitrogens with one attached hydrogen (secondary N) is 1. The van der Waals surface area contributed by atoms with E-state index in [1.165, 1.54) is 7.11 Å². The molecule has 0 aromatic carbocycles. The van der Waals surface area contributed by atoms with Crippen LogP contribution in [0.3, 0.4) is 0 Å². The molecule has 2 aromatic heterocycles. The minimum absolute atomic E-state index is 0.233. The first kappa shape index (κ1) is 7.78. The van der Waals surface area contributed by atoms with Gasteiger partial charge >= 0.3 is 6.01 Å². The third kappa shape index (κ3) is 1.16. The topological polar surface area (TPSA) is 89.7 Å². The van der Waals surface area contributed by atoms with Gasteiger partial charge in [-0.15, -0.1) is 0 Å². The molecule has 0 aliphatic rings. The number of rotatable bonds is 1. The molecule has 68 valence electrons. The van der Waals surface area contributed by atoms with Crippen LogP contribution in [0.4, 0.5) is 5.82 Å². The van der Waals surface area contributed by atoms with Gasteiger partial charge in [-0.3, -0.25) is 0 Å². The van der Waals surface area contributed by atoms with Crippen molar-refractivity contribution in [2.45, 2.75) is 6.92 Å². The second kappa shape index (κ2) is 2.58. The van der Waals surface area contributed by atoms with Crippen LogP contribution in [-0.4, -0.2) is 27.0 Å². The smallest absolute Gasteiger partial charge is 0.320 e. The van der Waals surface area contributed by atoms with E-state index in [4.69, 9.17) is 10.5 Å². The number of fused-ring (bicyclic) bond motifs is 1. The lowest BCUT2D eigenvalue weighted by molar-refractivity contribution is 0.382. The molecule has 0 aliphatic carbocycles. The monoisotopic (exact) mass is 179 g/mol. The van der Waals surface area contributed by atoms with Crippen LogP contribution in [0.15, 0.2) is 0 Å². The Morgan fingerprint density at radius 1 is 1.31 bits per heavy atom. The Morgan fingerprint density at radius 3 is 2.77 bits per heavy atom. The molecular weight excluding hydrogens is 170 g/mol. The summed E-state index contributed by atoms with van der Waals surface area (Å²) in [4.78, 5) is 15.0. The Hall–Kier alpha value is -1.85. The van der Waals surface area contributed by atoms with Gasteiger partial charge in [-0.25, -0.2) is 4.98 Å². The number of ether oxygens (including phenoxy) is 1. The minimum Gasteiger partial charge on any atom is -0.467 e. The molecule has 0 bridgehead atoms. The summed E-state index contributed by atoms with van der Waals surface area (Å²) in [5.41, 5.74) is 6.82. The molecule has 0 aliphatic heterocycles. The number of hydrogen-bond acceptors (Lipinski definition) is 5. The highest BCUT2D eigenvalue weighted by atomic mass is 16.5. The van der Waals surface area contributed by atoms with Gasteiger partial charge in [0.2, 0.25) is 0 Å². The van der Waals surface area contributed by atoms with Gasteiger partial charge < -0.3 is 15.5 Å². The van der Waals surface area contributed by atoms with Gasteiger partial charge in [0.1, 0.15) is 11.3 Å². The molecule has 13 heavy (non-hydrogen) atoms. The van der Waals surface area contributed by atoms with Gasteiger partial charge in [0, 0.05) is 0 Å². The Balaban J connectivity index is 2.75. The molecule has 0 amide bonds. The van der Waals surface area contributed by atoms with Crippen molar-refractivity contribution in [1.29, 1.82) is 0 Å². The molecule has 2 heterocycles. The van der Waals surface area contributed by atoms with Crippen LogP contribution in [0.1, 0.15) is 5.82 Å². The number of methoxy groups -OCH3 is 1. The second-order valence-electron chi connectivity index (χ2n) is 2.62. The molecule has 3 N–H and O–H groups in total. The third-order valence-corrected chi connectivity index (χ3v) is 1.66. The van der Waals surface area contributed by atoms with Gasteiger partial charge in [-0.05, 0) is 6.92 Å². The number of aromatic nitrogens is 4. The van der Waals surface area contributed by atoms with E-state index in [-0.39, 0.29) is 6.01 Å². The number of nitrogen functional groups attached to an aromatic ring is 1. The van der Waals surface area contributed by atoms with Gasteiger partial charge in [0.05, 0.1) is 7.11 Å². The number of imidazole rings is 1. The van der Waals surface area contributed by atoms with E-state index in [0.29, 0.717) is 17.0 Å². The summed E-state index contributed by atoms with van der Waals surface area (Å²) < 4.78 is 4.86. The third-order valence-electron chi connectivity index (χ3n) is 1.66. The molecular formula is C7H9N5O. The highest BCUT2D eigenvalue weighted by Gasteiger charge is 2.08. The fourth-order valence-electron chi connectivity index (χ4n) is 1.10. The van der Waals surface area contributed by atoms with Crippen molar-refractivity contribution >= 4 is 17.0 Å². The number of nitrogens with two attached hydrogens (primary N) is 1. The number of hydrogen-bond donors (Lipinski definition) is 2. The van der Waals surface area contributed by atoms with Gasteiger partial charge in [-0.1, -0.05) is 0 Å². The molecule has 0 unspecified atom stereocenters. The average Bonchev–Trinajstić information content (AvgIpc) is 2.46. The van der Waals surface area contributed by atoms with Crippen molar-refractivity contribution in [2.24, 2.45) is 0 Å². The van der Waals surface area contributed by atoms with Crippen LogP contribution in [0, 0.1) is 6.92 Å². The van der Waals surface area contributed by atoms with Crippen molar-refractivity contribution < 1.29 is 4.74 Å². The van der Waals surface area contributed by atoms with E-state index in [1.54, 1.807) is 0 Å². The zero-order valence-corrected chi connectivity index (χ0v) is 7.33. The molecule has 0 radical (unpaired) electrons. The molecule has 2 aromatic rings. The highest BCUT2D eigenvalue weighted by Crippen LogP contribution is 2.17. The van der Waals surface area contributed by atoms with Gasteiger partial charge in [-0.2, -0.15) is 9.97 Å². The van der Waals surface area contributed by atoms with E-state index in [9.17, 15) is 0 Å². The van der Waals surface area contributed by atoms with Gasteiger partial charge in [0.25, 0.3) is 0 Å². The van der Waals surface area contributed by atoms with Crippen molar-refractivity contribution in [2.75, 3.05) is 12.8 Å². The maximum absolute atomic E-state index is 5.64. The fraction of sp³-hybridized carbons (Fsp3) is 0.286. The predicted molar refractivity (Wildman–Crippen MR) is 47.4 cm³/mol. The first-order valence-corrected chi connectivity index (χ1v) is 3.74. The maximum atomic E-state index is 5.64. The highest BCUT2D eigenvalue weighted by molar-refractivity contribution is 5.81. The average molecular weight is 179 g/mol. The predicted octanol–water partition coefficient (Wildman–Crippen LogP) is 0.252. The molecule has 0 saturated carbocycles. The van der Waals surface area contributed by atoms with Crippen LogP contribution >= 0.6 is 0 Å². The molecule has 0 saturated heterocycles. The Kier molecular flexibility index (Phi) is 1.54. The molecule has 6 heteroatoms. The minimum atomic E-state index is 0.233. The zero-order valence-electron chi connectivity index (χ0n) is 7.33. The Labute approximate surface area is 74.2 Å². The Morgan fingerprint density at radius 2 is 2.08 bits per heavy atom. The summed E-state index contributed by atoms with van der Waals surface area (Å²) in [6.07, 6.45) is 0. The van der Waals surface area contributed by atoms with Crippen LogP contribution < -0.4 is 10.5 Å². The fourth-order valence-corrected chi connectivity index (χ4v) is 1.10. The second-order valence-corrected chi connectivity index (χ2v) is 2.62. The summed E-state index contributed by atoms with van der Waals surface area (Å²) >= 11 is 0. The van der Waals surface area contributed by atoms with Crippen molar-refractivity contribution in [3.63, 3.8) is 0 Å². The van der Waals surface area contributed by atoms with Crippen LogP contribution in [0.25, 0.3) is 11.2 Å². The lowest BCUT2D eigenvalue weighted by Gasteiger charge is -1.98. The summed E-state index contributed by atoms with van der Waals surface area (Å²) in [6, 6.07) is 0.233. The van der Waals surface area contributed by atoms with Crippen molar-refractivity contribution in [3.8, 4) is 6.01 Å². The standard InChI is InChI=1S/C7H9N5O/c1-3-9-4-5(8)11-7(13-2)12-6(4)10-3/h1-2H3,(H3,8,9,10,11,12). The molecule has 0 fully saturated rings. The molecule has 0 spiro atoms. The number of H-pyrrole nitrogens is 1. The number of aromatic amines is 1. The van der Waals surface area contributed by atoms with Crippen LogP contribution in [0.2, 0.25) is 0 Å². The number of nitrogens with zero attached hydrogens (tertiary/aromatic N) is 3.